The maximum absolute atomic E-state index is 7.13. The zero-order chi connectivity index (χ0) is 8.43. The number of rotatable bonds is 2. The number of thiophene rings is 1. The van der Waals surface area contributed by atoms with Gasteiger partial charge in [0.05, 0.1) is 0 Å². The first-order chi connectivity index (χ1) is 5.11. The Balaban J connectivity index is 2.90. The van der Waals surface area contributed by atoms with E-state index in [1.165, 1.54) is 0 Å². The van der Waals surface area contributed by atoms with Crippen molar-refractivity contribution in [1.82, 2.24) is 0 Å². The SMILES string of the molecule is C[C@H](N)c1cc(C(=N)N)cs1. The molecule has 1 heterocycles. The van der Waals surface area contributed by atoms with E-state index in [1.807, 2.05) is 18.4 Å². The third-order valence-corrected chi connectivity index (χ3v) is 2.51. The normalized spacial score (nSPS) is 12.9. The third-order valence-electron chi connectivity index (χ3n) is 1.38. The van der Waals surface area contributed by atoms with E-state index in [1.54, 1.807) is 11.3 Å². The highest BCUT2D eigenvalue weighted by Crippen LogP contribution is 2.19. The first-order valence-electron chi connectivity index (χ1n) is 3.29. The predicted molar refractivity (Wildman–Crippen MR) is 47.9 cm³/mol. The standard InChI is InChI=1S/C7H11N3S/c1-4(8)6-2-5(3-11-6)7(9)10/h2-4H,8H2,1H3,(H3,9,10)/t4-/m0/s1. The Morgan fingerprint density at radius 2 is 2.36 bits per heavy atom. The smallest absolute Gasteiger partial charge is 0.123 e. The van der Waals surface area contributed by atoms with Crippen molar-refractivity contribution in [3.63, 3.8) is 0 Å². The Morgan fingerprint density at radius 1 is 1.73 bits per heavy atom. The molecule has 0 aromatic carbocycles. The highest BCUT2D eigenvalue weighted by molar-refractivity contribution is 7.10. The van der Waals surface area contributed by atoms with E-state index in [0.717, 1.165) is 10.4 Å². The fraction of sp³-hybridized carbons (Fsp3) is 0.286. The van der Waals surface area contributed by atoms with Gasteiger partial charge in [0, 0.05) is 21.9 Å². The van der Waals surface area contributed by atoms with Crippen molar-refractivity contribution in [3.8, 4) is 0 Å². The number of hydrogen-bond acceptors (Lipinski definition) is 3. The van der Waals surface area contributed by atoms with Crippen LogP contribution in [0.2, 0.25) is 0 Å². The van der Waals surface area contributed by atoms with Gasteiger partial charge in [-0.05, 0) is 13.0 Å². The van der Waals surface area contributed by atoms with E-state index in [-0.39, 0.29) is 11.9 Å². The van der Waals surface area contributed by atoms with Crippen LogP contribution in [0.4, 0.5) is 0 Å². The van der Waals surface area contributed by atoms with Crippen LogP contribution in [-0.4, -0.2) is 5.84 Å². The molecule has 1 atom stereocenters. The van der Waals surface area contributed by atoms with E-state index in [0.29, 0.717) is 0 Å². The summed E-state index contributed by atoms with van der Waals surface area (Å²) < 4.78 is 0. The topological polar surface area (TPSA) is 75.9 Å². The van der Waals surface area contributed by atoms with Crippen LogP contribution in [0.3, 0.4) is 0 Å². The van der Waals surface area contributed by atoms with E-state index in [2.05, 4.69) is 0 Å². The first-order valence-corrected chi connectivity index (χ1v) is 4.17. The van der Waals surface area contributed by atoms with Gasteiger partial charge in [0.25, 0.3) is 0 Å². The lowest BCUT2D eigenvalue weighted by molar-refractivity contribution is 0.838. The highest BCUT2D eigenvalue weighted by atomic mass is 32.1. The third kappa shape index (κ3) is 1.78. The lowest BCUT2D eigenvalue weighted by atomic mass is 10.2. The molecule has 5 N–H and O–H groups in total. The molecule has 0 saturated carbocycles. The molecule has 1 rings (SSSR count). The molecule has 0 fully saturated rings. The fourth-order valence-electron chi connectivity index (χ4n) is 0.733. The van der Waals surface area contributed by atoms with Crippen molar-refractivity contribution in [2.24, 2.45) is 11.5 Å². The molecule has 4 heteroatoms. The van der Waals surface area contributed by atoms with E-state index < -0.39 is 0 Å². The van der Waals surface area contributed by atoms with Gasteiger partial charge in [0.15, 0.2) is 0 Å². The highest BCUT2D eigenvalue weighted by Gasteiger charge is 2.04. The summed E-state index contributed by atoms with van der Waals surface area (Å²) in [6.07, 6.45) is 0. The van der Waals surface area contributed by atoms with Crippen LogP contribution in [0.15, 0.2) is 11.4 Å². The molecule has 0 amide bonds. The van der Waals surface area contributed by atoms with Gasteiger partial charge in [-0.25, -0.2) is 0 Å². The van der Waals surface area contributed by atoms with Gasteiger partial charge in [-0.15, -0.1) is 11.3 Å². The average Bonchev–Trinajstić information content (AvgIpc) is 2.33. The van der Waals surface area contributed by atoms with Crippen LogP contribution < -0.4 is 11.5 Å². The number of nitrogen functional groups attached to an aromatic ring is 1. The van der Waals surface area contributed by atoms with Crippen molar-refractivity contribution in [2.45, 2.75) is 13.0 Å². The molecule has 0 bridgehead atoms. The molecule has 0 aliphatic rings. The van der Waals surface area contributed by atoms with Crippen molar-refractivity contribution < 1.29 is 0 Å². The summed E-state index contributed by atoms with van der Waals surface area (Å²) >= 11 is 1.54. The monoisotopic (exact) mass is 169 g/mol. The molecule has 3 nitrogen and oxygen atoms in total. The molecule has 0 unspecified atom stereocenters. The molecule has 1 aromatic heterocycles. The minimum atomic E-state index is 0.0353. The Hall–Kier alpha value is -0.870. The maximum Gasteiger partial charge on any atom is 0.123 e. The minimum Gasteiger partial charge on any atom is -0.384 e. The molecule has 11 heavy (non-hydrogen) atoms. The fourth-order valence-corrected chi connectivity index (χ4v) is 1.60. The van der Waals surface area contributed by atoms with Crippen LogP contribution in [0.1, 0.15) is 23.4 Å². The largest absolute Gasteiger partial charge is 0.384 e. The second-order valence-electron chi connectivity index (χ2n) is 2.44. The lowest BCUT2D eigenvalue weighted by Crippen LogP contribution is -2.09. The summed E-state index contributed by atoms with van der Waals surface area (Å²) in [4.78, 5) is 1.07. The number of nitrogens with two attached hydrogens (primary N) is 2. The molecule has 60 valence electrons. The second kappa shape index (κ2) is 3.02. The Labute approximate surface area is 69.5 Å². The number of amidine groups is 1. The molecule has 0 aliphatic heterocycles. The van der Waals surface area contributed by atoms with Crippen LogP contribution in [0.25, 0.3) is 0 Å². The quantitative estimate of drug-likeness (QED) is 0.457. The summed E-state index contributed by atoms with van der Waals surface area (Å²) in [5, 5.41) is 8.98. The molecular weight excluding hydrogens is 158 g/mol. The lowest BCUT2D eigenvalue weighted by Gasteiger charge is -1.97. The van der Waals surface area contributed by atoms with Crippen molar-refractivity contribution in [2.75, 3.05) is 0 Å². The van der Waals surface area contributed by atoms with Crippen molar-refractivity contribution >= 4 is 17.2 Å². The van der Waals surface area contributed by atoms with Crippen LogP contribution in [0, 0.1) is 5.41 Å². The van der Waals surface area contributed by atoms with Crippen molar-refractivity contribution in [1.29, 1.82) is 5.41 Å². The second-order valence-corrected chi connectivity index (χ2v) is 3.38. The molecular formula is C7H11N3S. The molecule has 0 saturated heterocycles. The van der Waals surface area contributed by atoms with E-state index in [4.69, 9.17) is 16.9 Å². The van der Waals surface area contributed by atoms with Gasteiger partial charge < -0.3 is 11.5 Å². The zero-order valence-corrected chi connectivity index (χ0v) is 7.11. The minimum absolute atomic E-state index is 0.0353. The predicted octanol–water partition coefficient (Wildman–Crippen LogP) is 1.05. The Bertz CT molecular complexity index is 264. The van der Waals surface area contributed by atoms with Gasteiger partial charge in [-0.2, -0.15) is 0 Å². The van der Waals surface area contributed by atoms with E-state index >= 15 is 0 Å². The maximum atomic E-state index is 7.13. The van der Waals surface area contributed by atoms with Gasteiger partial charge in [0.2, 0.25) is 0 Å². The van der Waals surface area contributed by atoms with Gasteiger partial charge in [-0.1, -0.05) is 0 Å². The van der Waals surface area contributed by atoms with Crippen LogP contribution in [0.5, 0.6) is 0 Å². The number of nitrogens with one attached hydrogen (secondary N) is 1. The Kier molecular flexibility index (Phi) is 2.26. The van der Waals surface area contributed by atoms with Gasteiger partial charge in [-0.3, -0.25) is 5.41 Å². The zero-order valence-electron chi connectivity index (χ0n) is 6.29. The first kappa shape index (κ1) is 8.23. The van der Waals surface area contributed by atoms with Crippen LogP contribution >= 0.6 is 11.3 Å². The summed E-state index contributed by atoms with van der Waals surface area (Å²) in [7, 11) is 0. The van der Waals surface area contributed by atoms with E-state index in [9.17, 15) is 0 Å². The summed E-state index contributed by atoms with van der Waals surface area (Å²) in [5.41, 5.74) is 11.7. The summed E-state index contributed by atoms with van der Waals surface area (Å²) in [6, 6.07) is 1.89. The van der Waals surface area contributed by atoms with Gasteiger partial charge >= 0.3 is 0 Å². The number of hydrogen-bond donors (Lipinski definition) is 3. The summed E-state index contributed by atoms with van der Waals surface area (Å²) in [6.45, 7) is 1.91. The summed E-state index contributed by atoms with van der Waals surface area (Å²) in [5.74, 6) is 0.105. The molecule has 0 radical (unpaired) electrons. The Morgan fingerprint density at radius 3 is 2.64 bits per heavy atom. The molecule has 0 aliphatic carbocycles. The van der Waals surface area contributed by atoms with Gasteiger partial charge in [0.1, 0.15) is 5.84 Å². The van der Waals surface area contributed by atoms with Crippen molar-refractivity contribution in [3.05, 3.63) is 21.9 Å². The average molecular weight is 169 g/mol. The molecule has 1 aromatic rings. The van der Waals surface area contributed by atoms with Crippen LogP contribution in [-0.2, 0) is 0 Å². The molecule has 0 spiro atoms.